The van der Waals surface area contributed by atoms with Crippen molar-refractivity contribution in [2.75, 3.05) is 13.1 Å². The molecule has 0 N–H and O–H groups in total. The van der Waals surface area contributed by atoms with Gasteiger partial charge < -0.3 is 4.74 Å². The number of sulfonamides is 1. The molecule has 146 valence electrons. The number of hydrogen-bond acceptors (Lipinski definition) is 5. The number of nitrogens with zero attached hydrogens (tertiary/aromatic N) is 3. The van der Waals surface area contributed by atoms with E-state index in [9.17, 15) is 21.6 Å². The second-order valence-corrected chi connectivity index (χ2v) is 8.19. The molecule has 0 radical (unpaired) electrons. The molecule has 10 heteroatoms. The second kappa shape index (κ2) is 7.81. The van der Waals surface area contributed by atoms with Crippen molar-refractivity contribution in [2.24, 2.45) is 0 Å². The average molecular weight is 401 g/mol. The third kappa shape index (κ3) is 5.16. The molecule has 1 fully saturated rings. The Bertz CT molecular complexity index is 858. The molecule has 2 aromatic rings. The molecule has 0 aliphatic carbocycles. The first-order valence-corrected chi connectivity index (χ1v) is 9.92. The Balaban J connectivity index is 1.65. The highest BCUT2D eigenvalue weighted by Crippen LogP contribution is 2.29. The Kier molecular flexibility index (Phi) is 5.66. The molecule has 27 heavy (non-hydrogen) atoms. The number of aromatic nitrogens is 2. The minimum absolute atomic E-state index is 0.154. The number of alkyl halides is 3. The van der Waals surface area contributed by atoms with Gasteiger partial charge in [-0.1, -0.05) is 12.1 Å². The van der Waals surface area contributed by atoms with Crippen LogP contribution in [0.25, 0.3) is 0 Å². The van der Waals surface area contributed by atoms with Crippen molar-refractivity contribution in [3.63, 3.8) is 0 Å². The summed E-state index contributed by atoms with van der Waals surface area (Å²) < 4.78 is 70.1. The van der Waals surface area contributed by atoms with Gasteiger partial charge in [0.15, 0.2) is 0 Å². The average Bonchev–Trinajstić information content (AvgIpc) is 2.62. The minimum Gasteiger partial charge on any atom is -0.459 e. The summed E-state index contributed by atoms with van der Waals surface area (Å²) in [5, 5.41) is 0. The number of ether oxygens (including phenoxy) is 1. The van der Waals surface area contributed by atoms with Gasteiger partial charge in [-0.3, -0.25) is 0 Å². The van der Waals surface area contributed by atoms with E-state index in [1.807, 2.05) is 0 Å². The predicted octanol–water partition coefficient (Wildman–Crippen LogP) is 2.87. The molecule has 1 aliphatic rings. The Hall–Kier alpha value is -2.20. The van der Waals surface area contributed by atoms with E-state index in [1.54, 1.807) is 6.07 Å². The van der Waals surface area contributed by atoms with Crippen molar-refractivity contribution in [3.05, 3.63) is 53.9 Å². The van der Waals surface area contributed by atoms with Gasteiger partial charge in [0.1, 0.15) is 6.10 Å². The first-order valence-electron chi connectivity index (χ1n) is 8.32. The highest BCUT2D eigenvalue weighted by molar-refractivity contribution is 7.88. The normalized spacial score (nSPS) is 19.0. The third-order valence-electron chi connectivity index (χ3n) is 4.18. The standard InChI is InChI=1S/C17H18F3N3O3S/c18-17(19,20)14-6-4-13(5-7-14)12-27(24,25)23-10-1-3-15(11-23)26-16-21-8-2-9-22-16/h2,4-9,15H,1,3,10-12H2. The first-order chi connectivity index (χ1) is 12.7. The molecular weight excluding hydrogens is 383 g/mol. The lowest BCUT2D eigenvalue weighted by atomic mass is 10.1. The van der Waals surface area contributed by atoms with Crippen LogP contribution in [0.5, 0.6) is 6.01 Å². The lowest BCUT2D eigenvalue weighted by Crippen LogP contribution is -2.44. The molecule has 0 saturated carbocycles. The number of benzene rings is 1. The molecular formula is C17H18F3N3O3S. The van der Waals surface area contributed by atoms with Crippen LogP contribution in [-0.2, 0) is 22.0 Å². The molecule has 0 amide bonds. The molecule has 0 bridgehead atoms. The van der Waals surface area contributed by atoms with Crippen molar-refractivity contribution in [1.29, 1.82) is 0 Å². The van der Waals surface area contributed by atoms with E-state index in [2.05, 4.69) is 9.97 Å². The van der Waals surface area contributed by atoms with Crippen LogP contribution >= 0.6 is 0 Å². The Morgan fingerprint density at radius 1 is 1.15 bits per heavy atom. The van der Waals surface area contributed by atoms with E-state index < -0.39 is 21.8 Å². The molecule has 1 atom stereocenters. The monoisotopic (exact) mass is 401 g/mol. The van der Waals surface area contributed by atoms with Crippen LogP contribution in [-0.4, -0.2) is 41.9 Å². The predicted molar refractivity (Wildman–Crippen MR) is 91.3 cm³/mol. The summed E-state index contributed by atoms with van der Waals surface area (Å²) in [6.07, 6.45) is -0.472. The van der Waals surface area contributed by atoms with Gasteiger partial charge in [0.25, 0.3) is 0 Å². The van der Waals surface area contributed by atoms with E-state index in [-0.39, 0.29) is 24.4 Å². The lowest BCUT2D eigenvalue weighted by Gasteiger charge is -2.31. The van der Waals surface area contributed by atoms with E-state index >= 15 is 0 Å². The summed E-state index contributed by atoms with van der Waals surface area (Å²) in [5.74, 6) is -0.361. The molecule has 1 unspecified atom stereocenters. The smallest absolute Gasteiger partial charge is 0.416 e. The molecule has 1 aliphatic heterocycles. The van der Waals surface area contributed by atoms with Crippen LogP contribution in [0.4, 0.5) is 13.2 Å². The van der Waals surface area contributed by atoms with Crippen LogP contribution in [0.3, 0.4) is 0 Å². The van der Waals surface area contributed by atoms with Gasteiger partial charge in [-0.25, -0.2) is 18.4 Å². The molecule has 1 saturated heterocycles. The Morgan fingerprint density at radius 2 is 1.81 bits per heavy atom. The Labute approximate surface area is 155 Å². The van der Waals surface area contributed by atoms with E-state index in [0.29, 0.717) is 24.9 Å². The molecule has 3 rings (SSSR count). The first kappa shape index (κ1) is 19.6. The van der Waals surface area contributed by atoms with E-state index in [1.165, 1.54) is 28.8 Å². The van der Waals surface area contributed by atoms with Crippen LogP contribution < -0.4 is 4.74 Å². The third-order valence-corrected chi connectivity index (χ3v) is 6.00. The SMILES string of the molecule is O=S(=O)(Cc1ccc(C(F)(F)F)cc1)N1CCCC(Oc2ncccn2)C1. The van der Waals surface area contributed by atoms with Gasteiger partial charge in [0.2, 0.25) is 10.0 Å². The topological polar surface area (TPSA) is 72.4 Å². The summed E-state index contributed by atoms with van der Waals surface area (Å²) in [5.41, 5.74) is -0.504. The highest BCUT2D eigenvalue weighted by atomic mass is 32.2. The number of rotatable bonds is 5. The second-order valence-electron chi connectivity index (χ2n) is 6.22. The van der Waals surface area contributed by atoms with Crippen molar-refractivity contribution >= 4 is 10.0 Å². The molecule has 2 heterocycles. The van der Waals surface area contributed by atoms with Crippen LogP contribution in [0.2, 0.25) is 0 Å². The fraction of sp³-hybridized carbons (Fsp3) is 0.412. The van der Waals surface area contributed by atoms with Gasteiger partial charge in [0.05, 0.1) is 17.9 Å². The van der Waals surface area contributed by atoms with Crippen LogP contribution in [0, 0.1) is 0 Å². The Morgan fingerprint density at radius 3 is 2.44 bits per heavy atom. The summed E-state index contributed by atoms with van der Waals surface area (Å²) in [6, 6.07) is 5.99. The van der Waals surface area contributed by atoms with Gasteiger partial charge in [-0.2, -0.15) is 17.5 Å². The van der Waals surface area contributed by atoms with Crippen molar-refractivity contribution < 1.29 is 26.3 Å². The maximum atomic E-state index is 12.7. The maximum absolute atomic E-state index is 12.7. The lowest BCUT2D eigenvalue weighted by molar-refractivity contribution is -0.137. The van der Waals surface area contributed by atoms with Gasteiger partial charge in [-0.15, -0.1) is 0 Å². The van der Waals surface area contributed by atoms with Gasteiger partial charge >= 0.3 is 12.2 Å². The fourth-order valence-corrected chi connectivity index (χ4v) is 4.44. The zero-order valence-electron chi connectivity index (χ0n) is 14.3. The van der Waals surface area contributed by atoms with E-state index in [4.69, 9.17) is 4.74 Å². The van der Waals surface area contributed by atoms with Crippen LogP contribution in [0.1, 0.15) is 24.0 Å². The van der Waals surface area contributed by atoms with Crippen molar-refractivity contribution in [2.45, 2.75) is 30.9 Å². The molecule has 1 aromatic carbocycles. The van der Waals surface area contributed by atoms with Crippen molar-refractivity contribution in [3.8, 4) is 6.01 Å². The highest BCUT2D eigenvalue weighted by Gasteiger charge is 2.32. The summed E-state index contributed by atoms with van der Waals surface area (Å²) in [7, 11) is -3.68. The van der Waals surface area contributed by atoms with Crippen molar-refractivity contribution in [1.82, 2.24) is 14.3 Å². The van der Waals surface area contributed by atoms with E-state index in [0.717, 1.165) is 12.1 Å². The molecule has 1 aromatic heterocycles. The fourth-order valence-electron chi connectivity index (χ4n) is 2.84. The molecule has 0 spiro atoms. The quantitative estimate of drug-likeness (QED) is 0.770. The minimum atomic E-state index is -4.45. The maximum Gasteiger partial charge on any atom is 0.416 e. The number of halogens is 3. The summed E-state index contributed by atoms with van der Waals surface area (Å²) in [4.78, 5) is 7.93. The largest absolute Gasteiger partial charge is 0.459 e. The molecule has 6 nitrogen and oxygen atoms in total. The zero-order valence-corrected chi connectivity index (χ0v) is 15.1. The summed E-state index contributed by atoms with van der Waals surface area (Å²) in [6.45, 7) is 0.500. The summed E-state index contributed by atoms with van der Waals surface area (Å²) >= 11 is 0. The zero-order chi connectivity index (χ0) is 19.5. The van der Waals surface area contributed by atoms with Gasteiger partial charge in [-0.05, 0) is 36.6 Å². The van der Waals surface area contributed by atoms with Crippen LogP contribution in [0.15, 0.2) is 42.7 Å². The number of piperidine rings is 1. The number of hydrogen-bond donors (Lipinski definition) is 0. The van der Waals surface area contributed by atoms with Gasteiger partial charge in [0, 0.05) is 18.9 Å².